The Hall–Kier alpha value is -5.18. The van der Waals surface area contributed by atoms with Crippen LogP contribution in [0.3, 0.4) is 0 Å². The van der Waals surface area contributed by atoms with E-state index in [0.29, 0.717) is 0 Å². The maximum atomic E-state index is 2.56. The summed E-state index contributed by atoms with van der Waals surface area (Å²) in [6.07, 6.45) is 0. The molecule has 0 saturated carbocycles. The average Bonchev–Trinajstić information content (AvgIpc) is 3.67. The predicted molar refractivity (Wildman–Crippen MR) is 207 cm³/mol. The minimum absolute atomic E-state index is 0.0863. The molecular formula is C46H35NS. The standard InChI is InChI=1S/C46H35NS/c1-45(2)35-16-8-5-14-32(35)43-37(45)18-11-20-39(43)47(40-21-12-19-38-44(40)33-15-6-9-17-36(33)46(38,3)4)30-24-23-28-26-34-31-13-7-10-22-41(31)48-42(34)27-29(28)25-30/h5-27H,1-4H3. The Morgan fingerprint density at radius 3 is 1.65 bits per heavy atom. The van der Waals surface area contributed by atoms with Crippen LogP contribution in [0.15, 0.2) is 140 Å². The Morgan fingerprint density at radius 1 is 0.438 bits per heavy atom. The van der Waals surface area contributed by atoms with Crippen LogP contribution in [0.2, 0.25) is 0 Å². The van der Waals surface area contributed by atoms with Crippen LogP contribution >= 0.6 is 11.3 Å². The number of anilines is 3. The van der Waals surface area contributed by atoms with Gasteiger partial charge in [0.1, 0.15) is 0 Å². The highest BCUT2D eigenvalue weighted by Gasteiger charge is 2.40. The first kappa shape index (κ1) is 27.9. The summed E-state index contributed by atoms with van der Waals surface area (Å²) in [6.45, 7) is 9.49. The van der Waals surface area contributed by atoms with Crippen LogP contribution in [0, 0.1) is 0 Å². The lowest BCUT2D eigenvalue weighted by atomic mass is 9.82. The minimum Gasteiger partial charge on any atom is -0.309 e. The molecular weight excluding hydrogens is 599 g/mol. The molecule has 0 bridgehead atoms. The van der Waals surface area contributed by atoms with Gasteiger partial charge in [0.05, 0.1) is 11.4 Å². The molecule has 0 aliphatic heterocycles. The molecule has 1 heterocycles. The van der Waals surface area contributed by atoms with Crippen LogP contribution in [0.5, 0.6) is 0 Å². The zero-order valence-electron chi connectivity index (χ0n) is 27.6. The lowest BCUT2D eigenvalue weighted by Crippen LogP contribution is -2.17. The Kier molecular flexibility index (Phi) is 5.63. The van der Waals surface area contributed by atoms with Gasteiger partial charge < -0.3 is 4.90 Å². The van der Waals surface area contributed by atoms with E-state index in [1.165, 1.54) is 92.5 Å². The molecule has 8 aromatic rings. The summed E-state index contributed by atoms with van der Waals surface area (Å²) in [5, 5.41) is 5.21. The van der Waals surface area contributed by atoms with Crippen LogP contribution in [0.4, 0.5) is 17.1 Å². The van der Waals surface area contributed by atoms with Gasteiger partial charge in [0.25, 0.3) is 0 Å². The van der Waals surface area contributed by atoms with Gasteiger partial charge >= 0.3 is 0 Å². The molecule has 0 radical (unpaired) electrons. The number of benzene rings is 7. The second-order valence-electron chi connectivity index (χ2n) is 14.6. The topological polar surface area (TPSA) is 3.24 Å². The summed E-state index contributed by atoms with van der Waals surface area (Å²) >= 11 is 1.89. The third-order valence-electron chi connectivity index (χ3n) is 11.2. The van der Waals surface area contributed by atoms with E-state index in [9.17, 15) is 0 Å². The number of thiophene rings is 1. The van der Waals surface area contributed by atoms with E-state index in [1.807, 2.05) is 11.3 Å². The molecule has 230 valence electrons. The molecule has 10 rings (SSSR count). The molecule has 0 unspecified atom stereocenters. The maximum absolute atomic E-state index is 2.56. The normalized spacial score (nSPS) is 15.0. The lowest BCUT2D eigenvalue weighted by Gasteiger charge is -2.31. The zero-order valence-corrected chi connectivity index (χ0v) is 28.5. The van der Waals surface area contributed by atoms with Crippen LogP contribution in [-0.2, 0) is 10.8 Å². The average molecular weight is 634 g/mol. The van der Waals surface area contributed by atoms with Gasteiger partial charge in [-0.2, -0.15) is 0 Å². The van der Waals surface area contributed by atoms with E-state index in [0.717, 1.165) is 0 Å². The van der Waals surface area contributed by atoms with E-state index >= 15 is 0 Å². The molecule has 1 nitrogen and oxygen atoms in total. The molecule has 48 heavy (non-hydrogen) atoms. The number of hydrogen-bond acceptors (Lipinski definition) is 2. The van der Waals surface area contributed by atoms with Crippen molar-refractivity contribution in [1.29, 1.82) is 0 Å². The first-order chi connectivity index (χ1) is 23.3. The van der Waals surface area contributed by atoms with Crippen molar-refractivity contribution in [2.24, 2.45) is 0 Å². The highest BCUT2D eigenvalue weighted by Crippen LogP contribution is 2.58. The smallest absolute Gasteiger partial charge is 0.0543 e. The summed E-state index contributed by atoms with van der Waals surface area (Å²) in [4.78, 5) is 2.56. The SMILES string of the molecule is CC1(C)c2ccccc2-c2c(N(c3ccc4cc5c(cc4c3)sc3ccccc35)c3cccc4c3-c3ccccc3C4(C)C)cccc21. The Morgan fingerprint density at radius 2 is 1.00 bits per heavy atom. The number of nitrogens with zero attached hydrogens (tertiary/aromatic N) is 1. The van der Waals surface area contributed by atoms with Crippen molar-refractivity contribution in [1.82, 2.24) is 0 Å². The number of fused-ring (bicyclic) bond motifs is 10. The molecule has 0 fully saturated rings. The fourth-order valence-electron chi connectivity index (χ4n) is 8.85. The molecule has 0 spiro atoms. The van der Waals surface area contributed by atoms with Crippen LogP contribution < -0.4 is 4.90 Å². The third-order valence-corrected chi connectivity index (χ3v) is 12.4. The van der Waals surface area contributed by atoms with E-state index < -0.39 is 0 Å². The lowest BCUT2D eigenvalue weighted by molar-refractivity contribution is 0.660. The van der Waals surface area contributed by atoms with Gasteiger partial charge in [-0.1, -0.05) is 125 Å². The highest BCUT2D eigenvalue weighted by atomic mass is 32.1. The molecule has 0 amide bonds. The fraction of sp³-hybridized carbons (Fsp3) is 0.130. The monoisotopic (exact) mass is 633 g/mol. The second-order valence-corrected chi connectivity index (χ2v) is 15.6. The van der Waals surface area contributed by atoms with Crippen molar-refractivity contribution in [2.45, 2.75) is 38.5 Å². The predicted octanol–water partition coefficient (Wildman–Crippen LogP) is 13.3. The third kappa shape index (κ3) is 3.67. The molecule has 2 aliphatic carbocycles. The van der Waals surface area contributed by atoms with Crippen molar-refractivity contribution in [3.63, 3.8) is 0 Å². The molecule has 0 N–H and O–H groups in total. The van der Waals surface area contributed by atoms with E-state index in [4.69, 9.17) is 0 Å². The maximum Gasteiger partial charge on any atom is 0.0543 e. The van der Waals surface area contributed by atoms with Crippen LogP contribution in [-0.4, -0.2) is 0 Å². The van der Waals surface area contributed by atoms with Gasteiger partial charge in [-0.05, 0) is 86.6 Å². The zero-order chi connectivity index (χ0) is 32.4. The molecule has 2 heteroatoms. The molecule has 1 aromatic heterocycles. The Balaban J connectivity index is 1.28. The van der Waals surface area contributed by atoms with Gasteiger partial charge in [0.15, 0.2) is 0 Å². The fourth-order valence-corrected chi connectivity index (χ4v) is 9.98. The molecule has 0 atom stereocenters. The first-order valence-electron chi connectivity index (χ1n) is 16.9. The van der Waals surface area contributed by atoms with E-state index in [-0.39, 0.29) is 10.8 Å². The van der Waals surface area contributed by atoms with Crippen molar-refractivity contribution in [2.75, 3.05) is 4.90 Å². The summed E-state index contributed by atoms with van der Waals surface area (Å²) in [7, 11) is 0. The quantitative estimate of drug-likeness (QED) is 0.187. The van der Waals surface area contributed by atoms with E-state index in [1.54, 1.807) is 0 Å². The summed E-state index contributed by atoms with van der Waals surface area (Å²) in [6, 6.07) is 52.5. The first-order valence-corrected chi connectivity index (χ1v) is 17.8. The summed E-state index contributed by atoms with van der Waals surface area (Å²) in [5.41, 5.74) is 14.3. The van der Waals surface area contributed by atoms with Crippen molar-refractivity contribution < 1.29 is 0 Å². The largest absolute Gasteiger partial charge is 0.309 e. The van der Waals surface area contributed by atoms with Crippen molar-refractivity contribution in [3.8, 4) is 22.3 Å². The highest BCUT2D eigenvalue weighted by molar-refractivity contribution is 7.25. The van der Waals surface area contributed by atoms with Gasteiger partial charge in [0.2, 0.25) is 0 Å². The van der Waals surface area contributed by atoms with Gasteiger partial charge in [-0.3, -0.25) is 0 Å². The minimum atomic E-state index is -0.0863. The molecule has 7 aromatic carbocycles. The second kappa shape index (κ2) is 9.69. The van der Waals surface area contributed by atoms with E-state index in [2.05, 4.69) is 172 Å². The number of hydrogen-bond donors (Lipinski definition) is 0. The Bertz CT molecular complexity index is 2530. The number of rotatable bonds is 3. The van der Waals surface area contributed by atoms with Crippen molar-refractivity contribution >= 4 is 59.3 Å². The molecule has 2 aliphatic rings. The van der Waals surface area contributed by atoms with Gasteiger partial charge in [-0.15, -0.1) is 11.3 Å². The summed E-state index contributed by atoms with van der Waals surface area (Å²) in [5.74, 6) is 0. The van der Waals surface area contributed by atoms with Crippen molar-refractivity contribution in [3.05, 3.63) is 162 Å². The van der Waals surface area contributed by atoms with Gasteiger partial charge in [0, 0.05) is 47.8 Å². The summed E-state index contributed by atoms with van der Waals surface area (Å²) < 4.78 is 2.67. The van der Waals surface area contributed by atoms with Gasteiger partial charge in [-0.25, -0.2) is 0 Å². The molecule has 0 saturated heterocycles. The van der Waals surface area contributed by atoms with Crippen LogP contribution in [0.25, 0.3) is 53.2 Å². The Labute approximate surface area is 285 Å². The van der Waals surface area contributed by atoms with Crippen LogP contribution in [0.1, 0.15) is 49.9 Å².